The van der Waals surface area contributed by atoms with Crippen molar-refractivity contribution in [1.82, 2.24) is 4.31 Å². The van der Waals surface area contributed by atoms with Crippen LogP contribution in [0.1, 0.15) is 25.0 Å². The zero-order valence-corrected chi connectivity index (χ0v) is 19.4. The molecule has 160 valence electrons. The number of nitrogens with zero attached hydrogens (tertiary/aromatic N) is 2. The number of aryl methyl sites for hydroxylation is 2. The highest BCUT2D eigenvalue weighted by Crippen LogP contribution is 2.31. The van der Waals surface area contributed by atoms with Crippen LogP contribution in [0.25, 0.3) is 0 Å². The van der Waals surface area contributed by atoms with E-state index in [2.05, 4.69) is 4.72 Å². The molecule has 0 saturated heterocycles. The Bertz CT molecular complexity index is 1090. The molecule has 0 aliphatic carbocycles. The summed E-state index contributed by atoms with van der Waals surface area (Å²) in [6.45, 7) is 7.73. The van der Waals surface area contributed by atoms with Crippen molar-refractivity contribution < 1.29 is 16.8 Å². The van der Waals surface area contributed by atoms with E-state index >= 15 is 0 Å². The minimum absolute atomic E-state index is 0.0467. The predicted octanol–water partition coefficient (Wildman–Crippen LogP) is 3.20. The fraction of sp³-hybridized carbons (Fsp3) is 0.400. The third-order valence-corrected chi connectivity index (χ3v) is 8.22. The van der Waals surface area contributed by atoms with Crippen LogP contribution in [0.3, 0.4) is 0 Å². The second-order valence-corrected chi connectivity index (χ2v) is 10.6. The maximum absolute atomic E-state index is 13.1. The van der Waals surface area contributed by atoms with Gasteiger partial charge in [-0.2, -0.15) is 4.31 Å². The third-order valence-electron chi connectivity index (χ3n) is 4.67. The van der Waals surface area contributed by atoms with E-state index in [1.807, 2.05) is 13.0 Å². The van der Waals surface area contributed by atoms with Crippen molar-refractivity contribution in [1.29, 1.82) is 0 Å². The summed E-state index contributed by atoms with van der Waals surface area (Å²) in [6.07, 6.45) is 0. The molecule has 2 rings (SSSR count). The molecule has 0 aromatic heterocycles. The SMILES string of the molecule is CCN(CC)S(=O)(=O)c1ccc(N(C)C)c(NS(=O)(=O)c2cc(C)ccc2C)c1. The summed E-state index contributed by atoms with van der Waals surface area (Å²) in [7, 11) is -4.09. The van der Waals surface area contributed by atoms with Crippen LogP contribution in [0.2, 0.25) is 0 Å². The van der Waals surface area contributed by atoms with Gasteiger partial charge < -0.3 is 4.90 Å². The number of sulfonamides is 2. The molecule has 29 heavy (non-hydrogen) atoms. The van der Waals surface area contributed by atoms with Crippen LogP contribution in [-0.2, 0) is 20.0 Å². The van der Waals surface area contributed by atoms with Crippen LogP contribution in [0.15, 0.2) is 46.2 Å². The molecule has 0 amide bonds. The average molecular weight is 440 g/mol. The van der Waals surface area contributed by atoms with E-state index in [1.165, 1.54) is 16.4 Å². The van der Waals surface area contributed by atoms with Crippen LogP contribution in [0.5, 0.6) is 0 Å². The van der Waals surface area contributed by atoms with Gasteiger partial charge >= 0.3 is 0 Å². The molecule has 0 spiro atoms. The number of rotatable bonds is 8. The summed E-state index contributed by atoms with van der Waals surface area (Å²) in [4.78, 5) is 1.94. The highest BCUT2D eigenvalue weighted by molar-refractivity contribution is 7.92. The smallest absolute Gasteiger partial charge is 0.262 e. The average Bonchev–Trinajstić information content (AvgIpc) is 2.63. The fourth-order valence-corrected chi connectivity index (χ4v) is 5.94. The number of anilines is 2. The van der Waals surface area contributed by atoms with E-state index in [4.69, 9.17) is 0 Å². The van der Waals surface area contributed by atoms with Crippen LogP contribution in [0, 0.1) is 13.8 Å². The second kappa shape index (κ2) is 8.73. The quantitative estimate of drug-likeness (QED) is 0.683. The number of benzene rings is 2. The van der Waals surface area contributed by atoms with Crippen LogP contribution < -0.4 is 9.62 Å². The Kier molecular flexibility index (Phi) is 6.97. The minimum atomic E-state index is -3.90. The lowest BCUT2D eigenvalue weighted by molar-refractivity contribution is 0.445. The summed E-state index contributed by atoms with van der Waals surface area (Å²) >= 11 is 0. The van der Waals surface area contributed by atoms with E-state index in [9.17, 15) is 16.8 Å². The summed E-state index contributed by atoms with van der Waals surface area (Å²) in [5.74, 6) is 0. The first-order valence-electron chi connectivity index (χ1n) is 9.35. The lowest BCUT2D eigenvalue weighted by Crippen LogP contribution is -2.30. The summed E-state index contributed by atoms with van der Waals surface area (Å²) in [6, 6.07) is 9.68. The monoisotopic (exact) mass is 439 g/mol. The van der Waals surface area contributed by atoms with Crippen LogP contribution in [0.4, 0.5) is 11.4 Å². The maximum Gasteiger partial charge on any atom is 0.262 e. The Morgan fingerprint density at radius 3 is 2.07 bits per heavy atom. The first-order chi connectivity index (χ1) is 13.4. The van der Waals surface area contributed by atoms with Gasteiger partial charge in [0.2, 0.25) is 10.0 Å². The minimum Gasteiger partial charge on any atom is -0.376 e. The lowest BCUT2D eigenvalue weighted by Gasteiger charge is -2.22. The first kappa shape index (κ1) is 23.2. The Hall–Kier alpha value is -2.10. The second-order valence-electron chi connectivity index (χ2n) is 7.04. The number of nitrogens with one attached hydrogen (secondary N) is 1. The van der Waals surface area contributed by atoms with Crippen molar-refractivity contribution in [3.63, 3.8) is 0 Å². The van der Waals surface area contributed by atoms with Crippen LogP contribution in [-0.4, -0.2) is 48.3 Å². The zero-order chi connectivity index (χ0) is 22.0. The van der Waals surface area contributed by atoms with Gasteiger partial charge in [0, 0.05) is 27.2 Å². The van der Waals surface area contributed by atoms with E-state index in [1.54, 1.807) is 58.0 Å². The van der Waals surface area contributed by atoms with E-state index in [0.29, 0.717) is 24.3 Å². The van der Waals surface area contributed by atoms with Gasteiger partial charge in [-0.15, -0.1) is 0 Å². The zero-order valence-electron chi connectivity index (χ0n) is 17.7. The van der Waals surface area contributed by atoms with Gasteiger partial charge in [-0.3, -0.25) is 4.72 Å². The van der Waals surface area contributed by atoms with Crippen molar-refractivity contribution in [2.24, 2.45) is 0 Å². The van der Waals surface area contributed by atoms with Crippen molar-refractivity contribution >= 4 is 31.4 Å². The van der Waals surface area contributed by atoms with E-state index < -0.39 is 20.0 Å². The molecule has 0 unspecified atom stereocenters. The maximum atomic E-state index is 13.1. The van der Waals surface area contributed by atoms with E-state index in [-0.39, 0.29) is 15.5 Å². The normalized spacial score (nSPS) is 12.2. The number of hydrogen-bond acceptors (Lipinski definition) is 5. The van der Waals surface area contributed by atoms with Gasteiger partial charge in [0.1, 0.15) is 0 Å². The molecule has 0 saturated carbocycles. The Labute approximate surface area is 174 Å². The van der Waals surface area contributed by atoms with Gasteiger partial charge in [0.15, 0.2) is 0 Å². The molecule has 0 bridgehead atoms. The third kappa shape index (κ3) is 4.91. The van der Waals surface area contributed by atoms with E-state index in [0.717, 1.165) is 5.56 Å². The topological polar surface area (TPSA) is 86.8 Å². The first-order valence-corrected chi connectivity index (χ1v) is 12.3. The molecule has 9 heteroatoms. The van der Waals surface area contributed by atoms with Gasteiger partial charge in [0.25, 0.3) is 10.0 Å². The molecular weight excluding hydrogens is 410 g/mol. The molecule has 1 N–H and O–H groups in total. The van der Waals surface area contributed by atoms with Crippen molar-refractivity contribution in [3.05, 3.63) is 47.5 Å². The molecular formula is C20H29N3O4S2. The molecule has 0 atom stereocenters. The molecule has 0 radical (unpaired) electrons. The molecule has 7 nitrogen and oxygen atoms in total. The van der Waals surface area contributed by atoms with Crippen molar-refractivity contribution in [3.8, 4) is 0 Å². The fourth-order valence-electron chi connectivity index (χ4n) is 3.06. The van der Waals surface area contributed by atoms with Gasteiger partial charge in [0.05, 0.1) is 21.2 Å². The number of hydrogen-bond donors (Lipinski definition) is 1. The van der Waals surface area contributed by atoms with Gasteiger partial charge in [-0.05, 0) is 49.2 Å². The molecule has 0 aliphatic heterocycles. The molecule has 0 aliphatic rings. The lowest BCUT2D eigenvalue weighted by atomic mass is 10.2. The van der Waals surface area contributed by atoms with Gasteiger partial charge in [-0.25, -0.2) is 16.8 Å². The highest BCUT2D eigenvalue weighted by atomic mass is 32.2. The Morgan fingerprint density at radius 1 is 0.897 bits per heavy atom. The standard InChI is InChI=1S/C20H29N3O4S2/c1-7-23(8-2)29(26,27)17-11-12-19(22(5)6)18(14-17)21-28(24,25)20-13-15(3)9-10-16(20)4/h9-14,21H,7-8H2,1-6H3. The molecule has 0 heterocycles. The summed E-state index contributed by atoms with van der Waals surface area (Å²) in [5, 5.41) is 0. The van der Waals surface area contributed by atoms with Crippen molar-refractivity contribution in [2.75, 3.05) is 36.8 Å². The molecule has 0 fully saturated rings. The van der Waals surface area contributed by atoms with Gasteiger partial charge in [-0.1, -0.05) is 26.0 Å². The largest absolute Gasteiger partial charge is 0.376 e. The predicted molar refractivity (Wildman–Crippen MR) is 118 cm³/mol. The van der Waals surface area contributed by atoms with Crippen molar-refractivity contribution in [2.45, 2.75) is 37.5 Å². The summed E-state index contributed by atoms with van der Waals surface area (Å²) < 4.78 is 55.9. The summed E-state index contributed by atoms with van der Waals surface area (Å²) in [5.41, 5.74) is 2.21. The molecule has 2 aromatic carbocycles. The Balaban J connectivity index is 2.60. The Morgan fingerprint density at radius 2 is 1.52 bits per heavy atom. The highest BCUT2D eigenvalue weighted by Gasteiger charge is 2.25. The molecule has 2 aromatic rings. The van der Waals surface area contributed by atoms with Crippen LogP contribution >= 0.6 is 0 Å².